The van der Waals surface area contributed by atoms with Crippen LogP contribution in [-0.2, 0) is 0 Å². The van der Waals surface area contributed by atoms with Crippen LogP contribution in [0.2, 0.25) is 0 Å². The normalized spacial score (nSPS) is 10.1. The predicted octanol–water partition coefficient (Wildman–Crippen LogP) is 3.69. The van der Waals surface area contributed by atoms with Crippen LogP contribution in [0.1, 0.15) is 0 Å². The Balaban J connectivity index is -0.000000249. The van der Waals surface area contributed by atoms with Crippen LogP contribution in [0.5, 0.6) is 0 Å². The molecule has 0 atom stereocenters. The lowest BCUT2D eigenvalue weighted by molar-refractivity contribution is -0.906. The van der Waals surface area contributed by atoms with Crippen molar-refractivity contribution in [2.24, 2.45) is 0 Å². The van der Waals surface area contributed by atoms with Crippen LogP contribution in [0.25, 0.3) is 0 Å². The van der Waals surface area contributed by atoms with Gasteiger partial charge in [0, 0.05) is 0 Å². The van der Waals surface area contributed by atoms with Crippen molar-refractivity contribution in [2.45, 2.75) is 0 Å². The number of nitrogens with zero attached hydrogens (tertiary/aromatic N) is 3. The minimum atomic E-state index is -2.92. The number of rotatable bonds is 24. The van der Waals surface area contributed by atoms with Gasteiger partial charge in [-0.3, -0.25) is 7.32 Å². The molecule has 0 spiro atoms. The summed E-state index contributed by atoms with van der Waals surface area (Å²) in [4.78, 5) is 0. The van der Waals surface area contributed by atoms with Gasteiger partial charge in [-0.05, 0) is 72.9 Å². The maximum atomic E-state index is 8.42. The van der Waals surface area contributed by atoms with E-state index in [1.165, 1.54) is 0 Å². The first kappa shape index (κ1) is 46.7. The van der Waals surface area contributed by atoms with Gasteiger partial charge in [0.1, 0.15) is 0 Å². The van der Waals surface area contributed by atoms with Gasteiger partial charge in [0.15, 0.2) is 0 Å². The molecular weight excluding hydrogens is 533 g/mol. The van der Waals surface area contributed by atoms with Gasteiger partial charge in [-0.25, -0.2) is 0 Å². The van der Waals surface area contributed by atoms with Crippen LogP contribution >= 0.6 is 0 Å². The van der Waals surface area contributed by atoms with E-state index in [1.54, 1.807) is 0 Å². The van der Waals surface area contributed by atoms with Crippen LogP contribution in [-0.4, -0.2) is 99.3 Å². The second-order valence-corrected chi connectivity index (χ2v) is 9.97. The maximum absolute atomic E-state index is 8.42. The SMILES string of the molecule is C=CC[N+](CC=C)(CC=C)CC=C.C=CC[N+](CC=C)(CC=C)CC=C.C=CC[N+](CC=C)(CC=C)CC=C.[O-]B([O-])[O-]. The lowest BCUT2D eigenvalue weighted by Gasteiger charge is -2.35. The van der Waals surface area contributed by atoms with Crippen molar-refractivity contribution in [3.05, 3.63) is 152 Å². The fourth-order valence-electron chi connectivity index (χ4n) is 4.63. The monoisotopic (exact) mass is 593 g/mol. The van der Waals surface area contributed by atoms with Crippen molar-refractivity contribution < 1.29 is 28.5 Å². The fourth-order valence-corrected chi connectivity index (χ4v) is 4.63. The first-order valence-electron chi connectivity index (χ1n) is 14.3. The minimum Gasteiger partial charge on any atom is -0.907 e. The van der Waals surface area contributed by atoms with Crippen molar-refractivity contribution in [2.75, 3.05) is 78.5 Å². The highest BCUT2D eigenvalue weighted by Gasteiger charge is 2.22. The highest BCUT2D eigenvalue weighted by molar-refractivity contribution is 6.24. The van der Waals surface area contributed by atoms with E-state index in [1.807, 2.05) is 72.9 Å². The quantitative estimate of drug-likeness (QED) is 0.0974. The first-order valence-corrected chi connectivity index (χ1v) is 14.3. The number of quaternary nitrogens is 3. The number of hydrogen-bond donors (Lipinski definition) is 0. The minimum absolute atomic E-state index is 0.903. The van der Waals surface area contributed by atoms with Crippen molar-refractivity contribution in [1.29, 1.82) is 0 Å². The van der Waals surface area contributed by atoms with Crippen LogP contribution in [0.4, 0.5) is 0 Å². The standard InChI is InChI=1S/3C12H20N.BO3/c3*1-5-9-13(10-6-2,11-7-3)12-8-4;2-1(3)4/h3*5-8H,1-4,9-12H2;/q3*+1;-3. The van der Waals surface area contributed by atoms with Crippen LogP contribution in [0, 0.1) is 0 Å². The summed E-state index contributed by atoms with van der Waals surface area (Å²) >= 11 is 0. The summed E-state index contributed by atoms with van der Waals surface area (Å²) in [6.07, 6.45) is 23.3. The van der Waals surface area contributed by atoms with Gasteiger partial charge in [-0.2, -0.15) is 0 Å². The molecule has 0 aliphatic carbocycles. The summed E-state index contributed by atoms with van der Waals surface area (Å²) in [6, 6.07) is 0. The predicted molar refractivity (Wildman–Crippen MR) is 187 cm³/mol. The van der Waals surface area contributed by atoms with Crippen molar-refractivity contribution in [3.8, 4) is 0 Å². The van der Waals surface area contributed by atoms with E-state index in [-0.39, 0.29) is 0 Å². The molecule has 0 N–H and O–H groups in total. The van der Waals surface area contributed by atoms with E-state index in [0.29, 0.717) is 0 Å². The highest BCUT2D eigenvalue weighted by Crippen LogP contribution is 2.09. The van der Waals surface area contributed by atoms with Gasteiger partial charge in [0.2, 0.25) is 0 Å². The molecule has 7 heteroatoms. The lowest BCUT2D eigenvalue weighted by Crippen LogP contribution is -2.56. The third-order valence-electron chi connectivity index (χ3n) is 6.20. The zero-order valence-electron chi connectivity index (χ0n) is 27.0. The molecule has 0 fully saturated rings. The van der Waals surface area contributed by atoms with Gasteiger partial charge in [-0.1, -0.05) is 78.9 Å². The molecule has 0 aromatic carbocycles. The number of hydrogen-bond acceptors (Lipinski definition) is 3. The summed E-state index contributed by atoms with van der Waals surface area (Å²) in [5, 5.41) is 25.2. The summed E-state index contributed by atoms with van der Waals surface area (Å²) in [5.41, 5.74) is 0. The largest absolute Gasteiger partial charge is 0.907 e. The third kappa shape index (κ3) is 26.1. The van der Waals surface area contributed by atoms with Gasteiger partial charge < -0.3 is 28.5 Å². The third-order valence-corrected chi connectivity index (χ3v) is 6.20. The second-order valence-electron chi connectivity index (χ2n) is 9.97. The van der Waals surface area contributed by atoms with E-state index in [2.05, 4.69) is 78.9 Å². The van der Waals surface area contributed by atoms with Crippen LogP contribution in [0.15, 0.2) is 152 Å². The van der Waals surface area contributed by atoms with E-state index in [9.17, 15) is 0 Å². The molecule has 0 bridgehead atoms. The summed E-state index contributed by atoms with van der Waals surface area (Å²) in [7, 11) is -2.92. The van der Waals surface area contributed by atoms with Crippen LogP contribution < -0.4 is 15.1 Å². The molecule has 0 aliphatic heterocycles. The zero-order valence-corrected chi connectivity index (χ0v) is 27.0. The Morgan fingerprint density at radius 2 is 0.349 bits per heavy atom. The Morgan fingerprint density at radius 1 is 0.279 bits per heavy atom. The molecule has 0 aliphatic rings. The molecule has 0 amide bonds. The Kier molecular flexibility index (Phi) is 34.3. The first-order chi connectivity index (χ1) is 20.5. The fraction of sp³-hybridized carbons (Fsp3) is 0.333. The average molecular weight is 594 g/mol. The summed E-state index contributed by atoms with van der Waals surface area (Å²) in [6.45, 7) is 56.5. The zero-order chi connectivity index (χ0) is 34.0. The van der Waals surface area contributed by atoms with Crippen molar-refractivity contribution >= 4 is 7.32 Å². The van der Waals surface area contributed by atoms with Gasteiger partial charge in [0.05, 0.1) is 78.5 Å². The molecule has 6 nitrogen and oxygen atoms in total. The molecule has 0 saturated heterocycles. The van der Waals surface area contributed by atoms with E-state index >= 15 is 0 Å². The lowest BCUT2D eigenvalue weighted by atomic mass is 10.3. The Morgan fingerprint density at radius 3 is 0.395 bits per heavy atom. The average Bonchev–Trinajstić information content (AvgIpc) is 2.91. The smallest absolute Gasteiger partial charge is 0.0978 e. The van der Waals surface area contributed by atoms with Gasteiger partial charge in [-0.15, -0.1) is 0 Å². The van der Waals surface area contributed by atoms with Crippen LogP contribution in [0.3, 0.4) is 0 Å². The Labute approximate surface area is 265 Å². The summed E-state index contributed by atoms with van der Waals surface area (Å²) in [5.74, 6) is 0. The Bertz CT molecular complexity index is 605. The molecule has 0 rings (SSSR count). The molecule has 43 heavy (non-hydrogen) atoms. The molecular formula is C36H60BN3O3. The Hall–Kier alpha value is -3.30. The van der Waals surface area contributed by atoms with Crippen molar-refractivity contribution in [3.63, 3.8) is 0 Å². The topological polar surface area (TPSA) is 69.2 Å². The van der Waals surface area contributed by atoms with Gasteiger partial charge in [0.25, 0.3) is 0 Å². The molecule has 0 aromatic heterocycles. The van der Waals surface area contributed by atoms with E-state index in [0.717, 1.165) is 92.0 Å². The highest BCUT2D eigenvalue weighted by atomic mass is 16.5. The maximum Gasteiger partial charge on any atom is 0.0978 e. The molecule has 0 heterocycles. The molecule has 240 valence electrons. The van der Waals surface area contributed by atoms with Crippen molar-refractivity contribution in [1.82, 2.24) is 0 Å². The van der Waals surface area contributed by atoms with E-state index < -0.39 is 7.32 Å². The second kappa shape index (κ2) is 31.6. The molecule has 0 radical (unpaired) electrons. The molecule has 0 unspecified atom stereocenters. The van der Waals surface area contributed by atoms with Gasteiger partial charge >= 0.3 is 0 Å². The molecule has 0 aromatic rings. The summed E-state index contributed by atoms with van der Waals surface area (Å²) < 4.78 is 2.71. The molecule has 0 saturated carbocycles. The van der Waals surface area contributed by atoms with E-state index in [4.69, 9.17) is 15.1 Å².